The van der Waals surface area contributed by atoms with E-state index in [1.807, 2.05) is 35.6 Å². The van der Waals surface area contributed by atoms with Crippen LogP contribution in [0.3, 0.4) is 0 Å². The quantitative estimate of drug-likeness (QED) is 0.848. The van der Waals surface area contributed by atoms with Crippen LogP contribution in [0.15, 0.2) is 36.4 Å². The van der Waals surface area contributed by atoms with Gasteiger partial charge >= 0.3 is 0 Å². The molecular formula is C17H20N2OS. The van der Waals surface area contributed by atoms with Gasteiger partial charge in [0.25, 0.3) is 0 Å². The normalized spacial score (nSPS) is 11.9. The average molecular weight is 300 g/mol. The average Bonchev–Trinajstić information content (AvgIpc) is 2.88. The van der Waals surface area contributed by atoms with Crippen LogP contribution in [0, 0.1) is 18.3 Å². The van der Waals surface area contributed by atoms with E-state index in [2.05, 4.69) is 37.4 Å². The molecule has 0 saturated heterocycles. The van der Waals surface area contributed by atoms with Gasteiger partial charge in [-0.2, -0.15) is 5.26 Å². The summed E-state index contributed by atoms with van der Waals surface area (Å²) in [4.78, 5) is 2.78. The predicted molar refractivity (Wildman–Crippen MR) is 86.6 cm³/mol. The van der Waals surface area contributed by atoms with Crippen molar-refractivity contribution in [2.75, 3.05) is 6.61 Å². The highest BCUT2D eigenvalue weighted by Crippen LogP contribution is 2.17. The third kappa shape index (κ3) is 5.22. The molecule has 0 saturated carbocycles. The lowest BCUT2D eigenvalue weighted by Gasteiger charge is -2.13. The molecule has 110 valence electrons. The van der Waals surface area contributed by atoms with Crippen LogP contribution in [0.2, 0.25) is 0 Å². The van der Waals surface area contributed by atoms with Gasteiger partial charge in [0.1, 0.15) is 11.8 Å². The maximum atomic E-state index is 8.53. The Kier molecular flexibility index (Phi) is 5.79. The summed E-state index contributed by atoms with van der Waals surface area (Å²) in [7, 11) is 0. The number of benzene rings is 1. The molecule has 0 fully saturated rings. The lowest BCUT2D eigenvalue weighted by Crippen LogP contribution is -2.27. The van der Waals surface area contributed by atoms with Gasteiger partial charge in [0.05, 0.1) is 0 Å². The van der Waals surface area contributed by atoms with Gasteiger partial charge in [-0.3, -0.25) is 0 Å². The van der Waals surface area contributed by atoms with Crippen molar-refractivity contribution in [1.82, 2.24) is 5.32 Å². The van der Waals surface area contributed by atoms with Crippen LogP contribution in [-0.4, -0.2) is 12.6 Å². The molecule has 0 aliphatic rings. The first-order valence-corrected chi connectivity index (χ1v) is 7.86. The molecule has 1 atom stereocenters. The molecule has 1 N–H and O–H groups in total. The van der Waals surface area contributed by atoms with Crippen LogP contribution in [-0.2, 0) is 13.0 Å². The molecule has 2 aromatic rings. The van der Waals surface area contributed by atoms with Crippen LogP contribution < -0.4 is 10.1 Å². The number of nitriles is 1. The van der Waals surface area contributed by atoms with Gasteiger partial charge in [0.15, 0.2) is 6.61 Å². The summed E-state index contributed by atoms with van der Waals surface area (Å²) in [6, 6.07) is 14.6. The first kappa shape index (κ1) is 15.6. The summed E-state index contributed by atoms with van der Waals surface area (Å²) in [6.45, 7) is 5.23. The fraction of sp³-hybridized carbons (Fsp3) is 0.353. The minimum absolute atomic E-state index is 0.0883. The van der Waals surface area contributed by atoms with Crippen LogP contribution >= 0.6 is 11.3 Å². The molecule has 0 radical (unpaired) electrons. The summed E-state index contributed by atoms with van der Waals surface area (Å²) in [6.07, 6.45) is 1.04. The highest BCUT2D eigenvalue weighted by molar-refractivity contribution is 7.11. The zero-order valence-corrected chi connectivity index (χ0v) is 13.2. The molecule has 1 unspecified atom stereocenters. The lowest BCUT2D eigenvalue weighted by molar-refractivity contribution is 0.367. The molecule has 1 aromatic heterocycles. The van der Waals surface area contributed by atoms with Crippen molar-refractivity contribution in [2.24, 2.45) is 0 Å². The number of nitrogens with zero attached hydrogens (tertiary/aromatic N) is 1. The summed E-state index contributed by atoms with van der Waals surface area (Å²) >= 11 is 1.86. The zero-order chi connectivity index (χ0) is 15.1. The molecule has 1 heterocycles. The second kappa shape index (κ2) is 7.82. The van der Waals surface area contributed by atoms with E-state index in [0.29, 0.717) is 6.04 Å². The van der Waals surface area contributed by atoms with Crippen molar-refractivity contribution < 1.29 is 4.74 Å². The Morgan fingerprint density at radius 1 is 1.33 bits per heavy atom. The second-order valence-corrected chi connectivity index (χ2v) is 6.47. The molecular weight excluding hydrogens is 280 g/mol. The molecule has 4 heteroatoms. The Labute approximate surface area is 130 Å². The highest BCUT2D eigenvalue weighted by Gasteiger charge is 2.05. The molecule has 0 spiro atoms. The van der Waals surface area contributed by atoms with E-state index in [-0.39, 0.29) is 6.61 Å². The molecule has 21 heavy (non-hydrogen) atoms. The van der Waals surface area contributed by atoms with Gasteiger partial charge < -0.3 is 10.1 Å². The minimum Gasteiger partial charge on any atom is -0.479 e. The topological polar surface area (TPSA) is 45.0 Å². The predicted octanol–water partition coefficient (Wildman–Crippen LogP) is 3.68. The van der Waals surface area contributed by atoms with E-state index in [4.69, 9.17) is 10.00 Å². The van der Waals surface area contributed by atoms with Crippen molar-refractivity contribution in [3.63, 3.8) is 0 Å². The molecule has 3 nitrogen and oxygen atoms in total. The second-order valence-electron chi connectivity index (χ2n) is 5.09. The number of rotatable bonds is 7. The smallest absolute Gasteiger partial charge is 0.174 e. The van der Waals surface area contributed by atoms with Gasteiger partial charge in [-0.05, 0) is 50.1 Å². The molecule has 0 bridgehead atoms. The number of nitrogens with one attached hydrogen (secondary N) is 1. The van der Waals surface area contributed by atoms with E-state index < -0.39 is 0 Å². The third-order valence-electron chi connectivity index (χ3n) is 3.16. The van der Waals surface area contributed by atoms with Crippen molar-refractivity contribution in [2.45, 2.75) is 32.9 Å². The molecule has 0 aliphatic carbocycles. The number of ether oxygens (including phenoxy) is 1. The number of aryl methyl sites for hydroxylation is 1. The maximum Gasteiger partial charge on any atom is 0.174 e. The minimum atomic E-state index is 0.0883. The van der Waals surface area contributed by atoms with E-state index in [1.165, 1.54) is 15.3 Å². The monoisotopic (exact) mass is 300 g/mol. The lowest BCUT2D eigenvalue weighted by atomic mass is 10.1. The number of hydrogen-bond donors (Lipinski definition) is 1. The fourth-order valence-corrected chi connectivity index (χ4v) is 3.14. The zero-order valence-electron chi connectivity index (χ0n) is 12.4. The fourth-order valence-electron chi connectivity index (χ4n) is 2.12. The number of thiophene rings is 1. The first-order chi connectivity index (χ1) is 10.2. The van der Waals surface area contributed by atoms with E-state index in [9.17, 15) is 0 Å². The summed E-state index contributed by atoms with van der Waals surface area (Å²) in [5.74, 6) is 0.748. The van der Waals surface area contributed by atoms with Gasteiger partial charge in [0, 0.05) is 22.3 Å². The molecule has 1 aromatic carbocycles. The molecule has 2 rings (SSSR count). The van der Waals surface area contributed by atoms with Crippen LogP contribution in [0.5, 0.6) is 5.75 Å². The number of hydrogen-bond acceptors (Lipinski definition) is 4. The Hall–Kier alpha value is -1.83. The summed E-state index contributed by atoms with van der Waals surface area (Å²) in [5.41, 5.74) is 1.17. The Balaban J connectivity index is 1.83. The van der Waals surface area contributed by atoms with Crippen molar-refractivity contribution in [3.05, 3.63) is 51.7 Å². The SMILES string of the molecule is Cc1ccc(CC(C)NCc2cccc(OCC#N)c2)s1. The Morgan fingerprint density at radius 3 is 2.90 bits per heavy atom. The van der Waals surface area contributed by atoms with E-state index in [0.717, 1.165) is 18.7 Å². The Morgan fingerprint density at radius 2 is 2.19 bits per heavy atom. The van der Waals surface area contributed by atoms with Crippen molar-refractivity contribution >= 4 is 11.3 Å². The van der Waals surface area contributed by atoms with Gasteiger partial charge in [-0.1, -0.05) is 12.1 Å². The molecule has 0 aliphatic heterocycles. The maximum absolute atomic E-state index is 8.53. The standard InChI is InChI=1S/C17H20N2OS/c1-13(10-17-7-6-14(2)21-17)19-12-15-4-3-5-16(11-15)20-9-8-18/h3-7,11,13,19H,9-10,12H2,1-2H3. The van der Waals surface area contributed by atoms with Crippen LogP contribution in [0.25, 0.3) is 0 Å². The van der Waals surface area contributed by atoms with Crippen LogP contribution in [0.1, 0.15) is 22.2 Å². The van der Waals surface area contributed by atoms with Crippen LogP contribution in [0.4, 0.5) is 0 Å². The summed E-state index contributed by atoms with van der Waals surface area (Å²) in [5, 5.41) is 12.1. The third-order valence-corrected chi connectivity index (χ3v) is 4.18. The van der Waals surface area contributed by atoms with Gasteiger partial charge in [-0.25, -0.2) is 0 Å². The van der Waals surface area contributed by atoms with Crippen molar-refractivity contribution in [1.29, 1.82) is 5.26 Å². The van der Waals surface area contributed by atoms with E-state index in [1.54, 1.807) is 0 Å². The Bertz CT molecular complexity index is 615. The van der Waals surface area contributed by atoms with Gasteiger partial charge in [-0.15, -0.1) is 11.3 Å². The van der Waals surface area contributed by atoms with Gasteiger partial charge in [0.2, 0.25) is 0 Å². The largest absolute Gasteiger partial charge is 0.479 e. The highest BCUT2D eigenvalue weighted by atomic mass is 32.1. The first-order valence-electron chi connectivity index (χ1n) is 7.05. The molecule has 0 amide bonds. The van der Waals surface area contributed by atoms with E-state index >= 15 is 0 Å². The van der Waals surface area contributed by atoms with Crippen molar-refractivity contribution in [3.8, 4) is 11.8 Å². The summed E-state index contributed by atoms with van der Waals surface area (Å²) < 4.78 is 5.31.